The van der Waals surface area contributed by atoms with E-state index in [9.17, 15) is 9.59 Å². The number of rotatable bonds is 8. The van der Waals surface area contributed by atoms with Crippen molar-refractivity contribution < 1.29 is 9.59 Å². The van der Waals surface area contributed by atoms with Gasteiger partial charge in [0.15, 0.2) is 0 Å². The summed E-state index contributed by atoms with van der Waals surface area (Å²) in [7, 11) is 0. The Labute approximate surface area is 193 Å². The standard InChI is InChI=1S/C25H32BrN3O2/c1-18-6-5-13-29(16-18)17-22-8-4-3-7-21(22)15-27-25(31)14-24(28-19(2)30)20-9-11-23(26)12-10-20/h3-4,7-12,18,24H,5-6,13-17H2,1-2H3,(H,27,31)(H,28,30). The highest BCUT2D eigenvalue weighted by atomic mass is 79.9. The molecule has 2 aromatic carbocycles. The molecule has 2 aromatic rings. The molecule has 0 spiro atoms. The van der Waals surface area contributed by atoms with E-state index in [1.165, 1.54) is 25.3 Å². The third-order valence-corrected chi connectivity index (χ3v) is 6.30. The number of halogens is 1. The molecule has 31 heavy (non-hydrogen) atoms. The van der Waals surface area contributed by atoms with Crippen LogP contribution >= 0.6 is 15.9 Å². The molecule has 2 N–H and O–H groups in total. The average Bonchev–Trinajstić information content (AvgIpc) is 2.73. The van der Waals surface area contributed by atoms with E-state index in [2.05, 4.69) is 56.6 Å². The van der Waals surface area contributed by atoms with Gasteiger partial charge in [-0.15, -0.1) is 0 Å². The minimum Gasteiger partial charge on any atom is -0.352 e. The molecule has 1 heterocycles. The molecule has 2 unspecified atom stereocenters. The number of hydrogen-bond donors (Lipinski definition) is 2. The van der Waals surface area contributed by atoms with Gasteiger partial charge in [-0.05, 0) is 54.1 Å². The summed E-state index contributed by atoms with van der Waals surface area (Å²) < 4.78 is 0.960. The Kier molecular flexibility index (Phi) is 8.67. The first kappa shape index (κ1) is 23.5. The zero-order valence-electron chi connectivity index (χ0n) is 18.4. The Morgan fingerprint density at radius 2 is 1.84 bits per heavy atom. The zero-order valence-corrected chi connectivity index (χ0v) is 20.0. The lowest BCUT2D eigenvalue weighted by atomic mass is 9.99. The third kappa shape index (κ3) is 7.47. The van der Waals surface area contributed by atoms with Crippen molar-refractivity contribution in [3.8, 4) is 0 Å². The average molecular weight is 486 g/mol. The topological polar surface area (TPSA) is 61.4 Å². The molecule has 0 saturated carbocycles. The summed E-state index contributed by atoms with van der Waals surface area (Å²) in [6.07, 6.45) is 2.76. The largest absolute Gasteiger partial charge is 0.352 e. The summed E-state index contributed by atoms with van der Waals surface area (Å²) in [6.45, 7) is 7.47. The molecule has 5 nitrogen and oxygen atoms in total. The first-order chi connectivity index (χ1) is 14.9. The summed E-state index contributed by atoms with van der Waals surface area (Å²) in [5.41, 5.74) is 3.32. The quantitative estimate of drug-likeness (QED) is 0.575. The molecule has 2 amide bonds. The van der Waals surface area contributed by atoms with Crippen LogP contribution in [0.2, 0.25) is 0 Å². The van der Waals surface area contributed by atoms with E-state index < -0.39 is 0 Å². The predicted molar refractivity (Wildman–Crippen MR) is 127 cm³/mol. The summed E-state index contributed by atoms with van der Waals surface area (Å²) in [5, 5.41) is 5.94. The summed E-state index contributed by atoms with van der Waals surface area (Å²) in [5.74, 6) is 0.509. The number of likely N-dealkylation sites (tertiary alicyclic amines) is 1. The molecule has 166 valence electrons. The summed E-state index contributed by atoms with van der Waals surface area (Å²) >= 11 is 3.42. The maximum absolute atomic E-state index is 12.7. The van der Waals surface area contributed by atoms with Crippen LogP contribution in [0, 0.1) is 5.92 Å². The van der Waals surface area contributed by atoms with Crippen LogP contribution in [-0.2, 0) is 22.7 Å². The van der Waals surface area contributed by atoms with E-state index >= 15 is 0 Å². The second-order valence-corrected chi connectivity index (χ2v) is 9.45. The van der Waals surface area contributed by atoms with Gasteiger partial charge in [0, 0.05) is 31.0 Å². The smallest absolute Gasteiger partial charge is 0.222 e. The van der Waals surface area contributed by atoms with Gasteiger partial charge in [-0.25, -0.2) is 0 Å². The maximum Gasteiger partial charge on any atom is 0.222 e. The maximum atomic E-state index is 12.7. The molecular formula is C25H32BrN3O2. The Morgan fingerprint density at radius 1 is 1.13 bits per heavy atom. The van der Waals surface area contributed by atoms with Gasteiger partial charge in [0.1, 0.15) is 0 Å². The lowest BCUT2D eigenvalue weighted by molar-refractivity contribution is -0.122. The van der Waals surface area contributed by atoms with E-state index in [0.717, 1.165) is 41.2 Å². The number of carbonyl (C=O) groups excluding carboxylic acids is 2. The first-order valence-electron chi connectivity index (χ1n) is 11.0. The lowest BCUT2D eigenvalue weighted by Gasteiger charge is -2.31. The van der Waals surface area contributed by atoms with Crippen LogP contribution in [0.4, 0.5) is 0 Å². The molecule has 6 heteroatoms. The van der Waals surface area contributed by atoms with Crippen LogP contribution in [0.5, 0.6) is 0 Å². The third-order valence-electron chi connectivity index (χ3n) is 5.77. The fourth-order valence-corrected chi connectivity index (χ4v) is 4.46. The number of hydrogen-bond acceptors (Lipinski definition) is 3. The molecule has 1 aliphatic heterocycles. The minimum atomic E-state index is -0.351. The van der Waals surface area contributed by atoms with Gasteiger partial charge >= 0.3 is 0 Å². The van der Waals surface area contributed by atoms with E-state index in [4.69, 9.17) is 0 Å². The van der Waals surface area contributed by atoms with E-state index in [0.29, 0.717) is 6.54 Å². The SMILES string of the molecule is CC(=O)NC(CC(=O)NCc1ccccc1CN1CCCC(C)C1)c1ccc(Br)cc1. The van der Waals surface area contributed by atoms with Gasteiger partial charge in [0.05, 0.1) is 12.5 Å². The molecular weight excluding hydrogens is 454 g/mol. The van der Waals surface area contributed by atoms with Gasteiger partial charge in [0.25, 0.3) is 0 Å². The fourth-order valence-electron chi connectivity index (χ4n) is 4.20. The van der Waals surface area contributed by atoms with E-state index in [1.807, 2.05) is 30.3 Å². The van der Waals surface area contributed by atoms with Gasteiger partial charge in [-0.3, -0.25) is 14.5 Å². The molecule has 2 atom stereocenters. The first-order valence-corrected chi connectivity index (χ1v) is 11.8. The van der Waals surface area contributed by atoms with Crippen molar-refractivity contribution in [2.45, 2.75) is 52.2 Å². The number of piperidine rings is 1. The normalized spacial score (nSPS) is 17.7. The highest BCUT2D eigenvalue weighted by molar-refractivity contribution is 9.10. The highest BCUT2D eigenvalue weighted by Gasteiger charge is 2.19. The molecule has 0 bridgehead atoms. The predicted octanol–water partition coefficient (Wildman–Crippen LogP) is 4.56. The van der Waals surface area contributed by atoms with Gasteiger partial charge < -0.3 is 10.6 Å². The van der Waals surface area contributed by atoms with Crippen LogP contribution < -0.4 is 10.6 Å². The van der Waals surface area contributed by atoms with Crippen molar-refractivity contribution in [1.29, 1.82) is 0 Å². The number of amides is 2. The Morgan fingerprint density at radius 3 is 2.52 bits per heavy atom. The van der Waals surface area contributed by atoms with Gasteiger partial charge in [-0.2, -0.15) is 0 Å². The van der Waals surface area contributed by atoms with Crippen molar-refractivity contribution in [3.63, 3.8) is 0 Å². The van der Waals surface area contributed by atoms with Crippen molar-refractivity contribution in [2.24, 2.45) is 5.92 Å². The summed E-state index contributed by atoms with van der Waals surface area (Å²) in [4.78, 5) is 26.9. The molecule has 0 aromatic heterocycles. The van der Waals surface area contributed by atoms with Gasteiger partial charge in [0.2, 0.25) is 11.8 Å². The van der Waals surface area contributed by atoms with E-state index in [-0.39, 0.29) is 24.3 Å². The van der Waals surface area contributed by atoms with Crippen molar-refractivity contribution >= 4 is 27.7 Å². The monoisotopic (exact) mass is 485 g/mol. The van der Waals surface area contributed by atoms with Crippen molar-refractivity contribution in [3.05, 3.63) is 69.7 Å². The molecule has 1 aliphatic rings. The van der Waals surface area contributed by atoms with Crippen LogP contribution in [0.3, 0.4) is 0 Å². The van der Waals surface area contributed by atoms with Crippen LogP contribution in [0.1, 0.15) is 55.8 Å². The van der Waals surface area contributed by atoms with Crippen LogP contribution in [-0.4, -0.2) is 29.8 Å². The molecule has 0 aliphatic carbocycles. The van der Waals surface area contributed by atoms with Gasteiger partial charge in [-0.1, -0.05) is 59.3 Å². The summed E-state index contributed by atoms with van der Waals surface area (Å²) in [6, 6.07) is 15.7. The zero-order chi connectivity index (χ0) is 22.2. The highest BCUT2D eigenvalue weighted by Crippen LogP contribution is 2.21. The molecule has 0 radical (unpaired) electrons. The number of carbonyl (C=O) groups is 2. The van der Waals surface area contributed by atoms with Crippen molar-refractivity contribution in [1.82, 2.24) is 15.5 Å². The van der Waals surface area contributed by atoms with Crippen molar-refractivity contribution in [2.75, 3.05) is 13.1 Å². The number of nitrogens with zero attached hydrogens (tertiary/aromatic N) is 1. The lowest BCUT2D eigenvalue weighted by Crippen LogP contribution is -2.34. The second kappa shape index (κ2) is 11.4. The fraction of sp³-hybridized carbons (Fsp3) is 0.440. The molecule has 3 rings (SSSR count). The Bertz CT molecular complexity index is 885. The minimum absolute atomic E-state index is 0.0805. The molecule has 1 fully saturated rings. The van der Waals surface area contributed by atoms with E-state index in [1.54, 1.807) is 0 Å². The number of benzene rings is 2. The Hall–Kier alpha value is -2.18. The molecule has 1 saturated heterocycles. The second-order valence-electron chi connectivity index (χ2n) is 8.54. The Balaban J connectivity index is 1.60. The number of nitrogens with one attached hydrogen (secondary N) is 2. The van der Waals surface area contributed by atoms with Crippen LogP contribution in [0.25, 0.3) is 0 Å². The van der Waals surface area contributed by atoms with Crippen LogP contribution in [0.15, 0.2) is 53.0 Å².